The summed E-state index contributed by atoms with van der Waals surface area (Å²) in [7, 11) is 3.35. The van der Waals surface area contributed by atoms with Crippen molar-refractivity contribution < 1.29 is 13.9 Å². The molecule has 1 amide bonds. The predicted octanol–water partition coefficient (Wildman–Crippen LogP) is 3.02. The van der Waals surface area contributed by atoms with Gasteiger partial charge in [0.25, 0.3) is 0 Å². The van der Waals surface area contributed by atoms with E-state index in [0.29, 0.717) is 35.1 Å². The molecule has 7 nitrogen and oxygen atoms in total. The third-order valence-corrected chi connectivity index (χ3v) is 5.01. The van der Waals surface area contributed by atoms with E-state index in [1.807, 2.05) is 0 Å². The van der Waals surface area contributed by atoms with Crippen molar-refractivity contribution in [3.8, 4) is 17.6 Å². The number of nitrogens with zero attached hydrogens (tertiary/aromatic N) is 3. The van der Waals surface area contributed by atoms with Crippen LogP contribution in [0.1, 0.15) is 17.7 Å². The van der Waals surface area contributed by atoms with Gasteiger partial charge in [0.1, 0.15) is 23.1 Å². The average Bonchev–Trinajstić information content (AvgIpc) is 3.58. The number of rotatable bonds is 5. The van der Waals surface area contributed by atoms with Crippen LogP contribution in [-0.2, 0) is 4.79 Å². The second-order valence-corrected chi connectivity index (χ2v) is 6.96. The number of fused-ring (bicyclic) bond motifs is 1. The van der Waals surface area contributed by atoms with E-state index in [0.717, 1.165) is 10.8 Å². The summed E-state index contributed by atoms with van der Waals surface area (Å²) < 4.78 is 17.8. The van der Waals surface area contributed by atoms with Crippen molar-refractivity contribution in [2.45, 2.75) is 6.42 Å². The second-order valence-electron chi connectivity index (χ2n) is 6.96. The lowest BCUT2D eigenvalue weighted by molar-refractivity contribution is -0.117. The normalized spacial score (nSPS) is 17.0. The maximum absolute atomic E-state index is 12.7. The Labute approximate surface area is 173 Å². The molecule has 1 aliphatic rings. The summed E-state index contributed by atoms with van der Waals surface area (Å²) in [4.78, 5) is 25.2. The van der Waals surface area contributed by atoms with Gasteiger partial charge in [-0.2, -0.15) is 0 Å². The van der Waals surface area contributed by atoms with Crippen LogP contribution in [-0.4, -0.2) is 41.7 Å². The molecule has 1 fully saturated rings. The molecule has 1 aliphatic carbocycles. The molecule has 8 heteroatoms. The van der Waals surface area contributed by atoms with Gasteiger partial charge in [-0.25, -0.2) is 15.0 Å². The quantitative estimate of drug-likeness (QED) is 0.635. The first-order chi connectivity index (χ1) is 14.6. The molecule has 30 heavy (non-hydrogen) atoms. The van der Waals surface area contributed by atoms with Crippen molar-refractivity contribution in [3.63, 3.8) is 0 Å². The predicted molar refractivity (Wildman–Crippen MR) is 112 cm³/mol. The highest BCUT2D eigenvalue weighted by Gasteiger charge is 2.43. The van der Waals surface area contributed by atoms with Gasteiger partial charge in [-0.3, -0.25) is 9.18 Å². The zero-order chi connectivity index (χ0) is 21.1. The number of hydrogen-bond acceptors (Lipinski definition) is 6. The molecule has 2 atom stereocenters. The first kappa shape index (κ1) is 19.6. The number of anilines is 2. The van der Waals surface area contributed by atoms with E-state index in [1.165, 1.54) is 0 Å². The number of amides is 1. The zero-order valence-corrected chi connectivity index (χ0v) is 16.6. The van der Waals surface area contributed by atoms with Crippen LogP contribution < -0.4 is 15.4 Å². The van der Waals surface area contributed by atoms with Gasteiger partial charge in [-0.05, 0) is 36.5 Å². The van der Waals surface area contributed by atoms with Crippen LogP contribution in [0, 0.1) is 23.7 Å². The van der Waals surface area contributed by atoms with Crippen LogP contribution in [0.3, 0.4) is 0 Å². The van der Waals surface area contributed by atoms with Crippen LogP contribution in [0.2, 0.25) is 0 Å². The molecule has 4 rings (SSSR count). The largest absolute Gasteiger partial charge is 0.495 e. The van der Waals surface area contributed by atoms with Crippen LogP contribution in [0.25, 0.3) is 10.8 Å². The molecular formula is C22H20FN5O2. The number of nitrogens with one attached hydrogen (secondary N) is 2. The molecule has 0 spiro atoms. The highest BCUT2D eigenvalue weighted by molar-refractivity contribution is 5.99. The fourth-order valence-corrected chi connectivity index (χ4v) is 3.17. The molecule has 2 N–H and O–H groups in total. The standard InChI is InChI=1S/C22H20FN5O2/c1-24-21-19-12-26-20(28-22(29)18-7-14(18)9-23)8-17(19)13(10-27-21)3-4-15-5-6-16(30-2)11-25-15/h5-6,8,10-12,14,18H,7,9H2,1-2H3,(H,24,27)(H,26,28,29)/t14-,18-/m1/s1. The van der Waals surface area contributed by atoms with Crippen molar-refractivity contribution in [2.75, 3.05) is 31.5 Å². The molecule has 0 aliphatic heterocycles. The number of halogens is 1. The van der Waals surface area contributed by atoms with Gasteiger partial charge < -0.3 is 15.4 Å². The summed E-state index contributed by atoms with van der Waals surface area (Å²) in [5.74, 6) is 7.16. The first-order valence-corrected chi connectivity index (χ1v) is 9.48. The van der Waals surface area contributed by atoms with Crippen molar-refractivity contribution >= 4 is 28.3 Å². The minimum absolute atomic E-state index is 0.177. The number of aromatic nitrogens is 3. The third-order valence-electron chi connectivity index (χ3n) is 5.01. The Morgan fingerprint density at radius 2 is 2.07 bits per heavy atom. The number of ether oxygens (including phenoxy) is 1. The van der Waals surface area contributed by atoms with Gasteiger partial charge >= 0.3 is 0 Å². The minimum atomic E-state index is -0.473. The topological polar surface area (TPSA) is 89.0 Å². The van der Waals surface area contributed by atoms with Gasteiger partial charge in [0, 0.05) is 36.1 Å². The molecule has 0 saturated heterocycles. The van der Waals surface area contributed by atoms with Gasteiger partial charge in [0.05, 0.1) is 25.5 Å². The highest BCUT2D eigenvalue weighted by atomic mass is 19.1. The summed E-state index contributed by atoms with van der Waals surface area (Å²) in [5, 5.41) is 7.38. The van der Waals surface area contributed by atoms with E-state index in [4.69, 9.17) is 4.74 Å². The van der Waals surface area contributed by atoms with E-state index < -0.39 is 6.67 Å². The first-order valence-electron chi connectivity index (χ1n) is 9.48. The van der Waals surface area contributed by atoms with Gasteiger partial charge in [-0.1, -0.05) is 5.92 Å². The highest BCUT2D eigenvalue weighted by Crippen LogP contribution is 2.39. The molecular weight excluding hydrogens is 385 g/mol. The molecule has 3 aromatic rings. The fraction of sp³-hybridized carbons (Fsp3) is 0.273. The van der Waals surface area contributed by atoms with E-state index in [2.05, 4.69) is 37.4 Å². The molecule has 3 aromatic heterocycles. The van der Waals surface area contributed by atoms with E-state index >= 15 is 0 Å². The molecule has 152 valence electrons. The fourth-order valence-electron chi connectivity index (χ4n) is 3.17. The SMILES string of the molecule is CNc1ncc(C#Cc2ccc(OC)cn2)c2cc(NC(=O)[C@@H]3C[C@@H]3CF)ncc12. The van der Waals surface area contributed by atoms with Gasteiger partial charge in [0.2, 0.25) is 5.91 Å². The van der Waals surface area contributed by atoms with Crippen molar-refractivity contribution in [3.05, 3.63) is 48.0 Å². The van der Waals surface area contributed by atoms with Crippen LogP contribution >= 0.6 is 0 Å². The van der Waals surface area contributed by atoms with Crippen LogP contribution in [0.4, 0.5) is 16.0 Å². The maximum Gasteiger partial charge on any atom is 0.229 e. The Balaban J connectivity index is 1.67. The summed E-state index contributed by atoms with van der Waals surface area (Å²) in [6.07, 6.45) is 5.48. The molecule has 3 heterocycles. The van der Waals surface area contributed by atoms with Crippen molar-refractivity contribution in [1.29, 1.82) is 0 Å². The third kappa shape index (κ3) is 4.01. The Kier molecular flexibility index (Phi) is 5.44. The lowest BCUT2D eigenvalue weighted by Crippen LogP contribution is -2.16. The summed E-state index contributed by atoms with van der Waals surface area (Å²) in [6, 6.07) is 5.32. The Hall–Kier alpha value is -3.73. The lowest BCUT2D eigenvalue weighted by atomic mass is 10.1. The number of pyridine rings is 3. The number of carbonyl (C=O) groups excluding carboxylic acids is 1. The van der Waals surface area contributed by atoms with Crippen LogP contribution in [0.15, 0.2) is 36.8 Å². The Morgan fingerprint density at radius 3 is 2.73 bits per heavy atom. The number of carbonyl (C=O) groups is 1. The maximum atomic E-state index is 12.7. The molecule has 0 aromatic carbocycles. The number of alkyl halides is 1. The molecule has 0 unspecified atom stereocenters. The van der Waals surface area contributed by atoms with E-state index in [9.17, 15) is 9.18 Å². The Bertz CT molecular complexity index is 1150. The second kappa shape index (κ2) is 8.33. The minimum Gasteiger partial charge on any atom is -0.495 e. The summed E-state index contributed by atoms with van der Waals surface area (Å²) >= 11 is 0. The van der Waals surface area contributed by atoms with Crippen LogP contribution in [0.5, 0.6) is 5.75 Å². The monoisotopic (exact) mass is 405 g/mol. The van der Waals surface area contributed by atoms with Gasteiger partial charge in [-0.15, -0.1) is 0 Å². The number of hydrogen-bond donors (Lipinski definition) is 2. The Morgan fingerprint density at radius 1 is 1.20 bits per heavy atom. The summed E-state index contributed by atoms with van der Waals surface area (Å²) in [6.45, 7) is -0.473. The number of methoxy groups -OCH3 is 1. The van der Waals surface area contributed by atoms with Crippen molar-refractivity contribution in [2.24, 2.45) is 11.8 Å². The van der Waals surface area contributed by atoms with E-state index in [-0.39, 0.29) is 17.7 Å². The van der Waals surface area contributed by atoms with Gasteiger partial charge in [0.15, 0.2) is 0 Å². The summed E-state index contributed by atoms with van der Waals surface area (Å²) in [5.41, 5.74) is 1.27. The average molecular weight is 405 g/mol. The van der Waals surface area contributed by atoms with Crippen molar-refractivity contribution in [1.82, 2.24) is 15.0 Å². The lowest BCUT2D eigenvalue weighted by Gasteiger charge is -2.09. The smallest absolute Gasteiger partial charge is 0.229 e. The molecule has 0 radical (unpaired) electrons. The zero-order valence-electron chi connectivity index (χ0n) is 16.6. The molecule has 1 saturated carbocycles. The van der Waals surface area contributed by atoms with E-state index in [1.54, 1.807) is 50.9 Å². The molecule has 0 bridgehead atoms.